The van der Waals surface area contributed by atoms with Crippen molar-refractivity contribution in [1.82, 2.24) is 14.5 Å². The van der Waals surface area contributed by atoms with Gasteiger partial charge in [-0.3, -0.25) is 4.90 Å². The van der Waals surface area contributed by atoms with Gasteiger partial charge in [0.1, 0.15) is 5.82 Å². The molecular weight excluding hydrogens is 178 g/mol. The molecule has 4 nitrogen and oxygen atoms in total. The zero-order valence-electron chi connectivity index (χ0n) is 8.22. The summed E-state index contributed by atoms with van der Waals surface area (Å²) in [6.45, 7) is 5.36. The van der Waals surface area contributed by atoms with Gasteiger partial charge >= 0.3 is 0 Å². The Balaban J connectivity index is 1.57. The maximum Gasteiger partial charge on any atom is 0.122 e. The van der Waals surface area contributed by atoms with Crippen LogP contribution in [0.3, 0.4) is 0 Å². The van der Waals surface area contributed by atoms with Crippen LogP contribution in [0, 0.1) is 0 Å². The molecule has 0 bridgehead atoms. The molecule has 4 heteroatoms. The number of imidazole rings is 1. The fraction of sp³-hybridized carbons (Fsp3) is 0.700. The number of aromatic nitrogens is 2. The van der Waals surface area contributed by atoms with Crippen LogP contribution in [0.2, 0.25) is 0 Å². The summed E-state index contributed by atoms with van der Waals surface area (Å²) in [4.78, 5) is 6.80. The Morgan fingerprint density at radius 1 is 1.50 bits per heavy atom. The van der Waals surface area contributed by atoms with E-state index in [4.69, 9.17) is 4.74 Å². The van der Waals surface area contributed by atoms with Crippen molar-refractivity contribution in [1.29, 1.82) is 0 Å². The van der Waals surface area contributed by atoms with Crippen molar-refractivity contribution >= 4 is 0 Å². The van der Waals surface area contributed by atoms with E-state index in [1.807, 2.05) is 6.20 Å². The van der Waals surface area contributed by atoms with Gasteiger partial charge in [-0.05, 0) is 6.42 Å². The number of hydrogen-bond acceptors (Lipinski definition) is 3. The molecule has 0 amide bonds. The van der Waals surface area contributed by atoms with E-state index >= 15 is 0 Å². The van der Waals surface area contributed by atoms with Crippen LogP contribution in [0.1, 0.15) is 12.2 Å². The maximum atomic E-state index is 5.21. The van der Waals surface area contributed by atoms with Gasteiger partial charge in [-0.25, -0.2) is 4.98 Å². The lowest BCUT2D eigenvalue weighted by molar-refractivity contribution is 0.206. The highest BCUT2D eigenvalue weighted by atomic mass is 16.6. The van der Waals surface area contributed by atoms with Crippen molar-refractivity contribution < 1.29 is 4.74 Å². The number of hydrogen-bond donors (Lipinski definition) is 0. The van der Waals surface area contributed by atoms with Crippen LogP contribution in [0.4, 0.5) is 0 Å². The van der Waals surface area contributed by atoms with Gasteiger partial charge in [0.2, 0.25) is 0 Å². The van der Waals surface area contributed by atoms with E-state index in [1.54, 1.807) is 0 Å². The molecule has 1 aromatic heterocycles. The van der Waals surface area contributed by atoms with Crippen molar-refractivity contribution in [2.24, 2.45) is 0 Å². The Bertz CT molecular complexity index is 319. The Morgan fingerprint density at radius 2 is 2.43 bits per heavy atom. The minimum atomic E-state index is 0.552. The van der Waals surface area contributed by atoms with Gasteiger partial charge < -0.3 is 9.30 Å². The highest BCUT2D eigenvalue weighted by Crippen LogP contribution is 2.16. The third kappa shape index (κ3) is 1.67. The van der Waals surface area contributed by atoms with Crippen LogP contribution in [-0.2, 0) is 17.8 Å². The summed E-state index contributed by atoms with van der Waals surface area (Å²) in [7, 11) is 0. The molecule has 1 atom stereocenters. The summed E-state index contributed by atoms with van der Waals surface area (Å²) in [5.74, 6) is 1.20. The first-order chi connectivity index (χ1) is 6.92. The quantitative estimate of drug-likeness (QED) is 0.655. The molecule has 2 aliphatic rings. The van der Waals surface area contributed by atoms with Crippen LogP contribution in [0.25, 0.3) is 0 Å². The van der Waals surface area contributed by atoms with E-state index in [0.717, 1.165) is 32.8 Å². The molecule has 1 aromatic rings. The number of epoxide rings is 1. The zero-order valence-corrected chi connectivity index (χ0v) is 8.22. The lowest BCUT2D eigenvalue weighted by Gasteiger charge is -2.27. The average molecular weight is 193 g/mol. The molecule has 1 unspecified atom stereocenters. The number of ether oxygens (including phenoxy) is 1. The number of rotatable bonds is 3. The summed E-state index contributed by atoms with van der Waals surface area (Å²) in [6.07, 6.45) is 5.69. The van der Waals surface area contributed by atoms with E-state index in [-0.39, 0.29) is 0 Å². The summed E-state index contributed by atoms with van der Waals surface area (Å²) in [5.41, 5.74) is 0. The second kappa shape index (κ2) is 3.37. The van der Waals surface area contributed by atoms with Crippen molar-refractivity contribution in [2.45, 2.75) is 25.6 Å². The molecule has 76 valence electrons. The normalized spacial score (nSPS) is 26.1. The molecular formula is C10H15N3O. The van der Waals surface area contributed by atoms with Crippen molar-refractivity contribution in [3.63, 3.8) is 0 Å². The van der Waals surface area contributed by atoms with Crippen LogP contribution in [0.15, 0.2) is 12.4 Å². The van der Waals surface area contributed by atoms with Crippen LogP contribution >= 0.6 is 0 Å². The van der Waals surface area contributed by atoms with Gasteiger partial charge in [-0.1, -0.05) is 0 Å². The second-order valence-corrected chi connectivity index (χ2v) is 4.06. The fourth-order valence-electron chi connectivity index (χ4n) is 1.98. The van der Waals surface area contributed by atoms with E-state index in [9.17, 15) is 0 Å². The molecule has 3 rings (SSSR count). The average Bonchev–Trinajstić information content (AvgIpc) is 2.92. The molecule has 0 radical (unpaired) electrons. The topological polar surface area (TPSA) is 33.6 Å². The number of nitrogens with zero attached hydrogens (tertiary/aromatic N) is 3. The molecule has 1 saturated heterocycles. The summed E-state index contributed by atoms with van der Waals surface area (Å²) < 4.78 is 7.45. The van der Waals surface area contributed by atoms with Crippen molar-refractivity contribution in [3.8, 4) is 0 Å². The predicted octanol–water partition coefficient (Wildman–Crippen LogP) is 0.488. The lowest BCUT2D eigenvalue weighted by atomic mass is 10.3. The van der Waals surface area contributed by atoms with Crippen molar-refractivity contribution in [3.05, 3.63) is 18.2 Å². The summed E-state index contributed by atoms with van der Waals surface area (Å²) in [6, 6.07) is 0. The lowest BCUT2D eigenvalue weighted by Crippen LogP contribution is -2.34. The van der Waals surface area contributed by atoms with E-state index < -0.39 is 0 Å². The Hall–Kier alpha value is -0.870. The predicted molar refractivity (Wildman–Crippen MR) is 51.9 cm³/mol. The third-order valence-electron chi connectivity index (χ3n) is 2.99. The largest absolute Gasteiger partial charge is 0.373 e. The first kappa shape index (κ1) is 8.44. The van der Waals surface area contributed by atoms with Gasteiger partial charge in [0, 0.05) is 32.0 Å². The van der Waals surface area contributed by atoms with Crippen LogP contribution in [-0.4, -0.2) is 40.3 Å². The Kier molecular flexibility index (Phi) is 2.03. The maximum absolute atomic E-state index is 5.21. The minimum absolute atomic E-state index is 0.552. The molecule has 2 aliphatic heterocycles. The second-order valence-electron chi connectivity index (χ2n) is 4.06. The summed E-state index contributed by atoms with van der Waals surface area (Å²) >= 11 is 0. The molecule has 0 aromatic carbocycles. The van der Waals surface area contributed by atoms with Crippen LogP contribution in [0.5, 0.6) is 0 Å². The SMILES string of the molecule is c1cn2c(n1)CN(CCC1CO1)CC2. The van der Waals surface area contributed by atoms with E-state index in [1.165, 1.54) is 12.2 Å². The van der Waals surface area contributed by atoms with Gasteiger partial charge in [0.05, 0.1) is 19.3 Å². The van der Waals surface area contributed by atoms with Gasteiger partial charge in [-0.2, -0.15) is 0 Å². The van der Waals surface area contributed by atoms with Crippen molar-refractivity contribution in [2.75, 3.05) is 19.7 Å². The highest BCUT2D eigenvalue weighted by Gasteiger charge is 2.24. The van der Waals surface area contributed by atoms with E-state index in [0.29, 0.717) is 6.10 Å². The van der Waals surface area contributed by atoms with Crippen LogP contribution < -0.4 is 0 Å². The third-order valence-corrected chi connectivity index (χ3v) is 2.99. The Labute approximate surface area is 83.5 Å². The van der Waals surface area contributed by atoms with E-state index in [2.05, 4.69) is 20.6 Å². The van der Waals surface area contributed by atoms with Gasteiger partial charge in [0.15, 0.2) is 0 Å². The standard InChI is InChI=1S/C10H15N3O/c1(9-8-14-9)3-12-5-6-13-4-2-11-10(13)7-12/h2,4,9H,1,3,5-8H2. The smallest absolute Gasteiger partial charge is 0.122 e. The number of fused-ring (bicyclic) bond motifs is 1. The molecule has 0 saturated carbocycles. The molecule has 0 aliphatic carbocycles. The molecule has 0 spiro atoms. The molecule has 0 N–H and O–H groups in total. The minimum Gasteiger partial charge on any atom is -0.373 e. The Morgan fingerprint density at radius 3 is 3.29 bits per heavy atom. The molecule has 1 fully saturated rings. The van der Waals surface area contributed by atoms with Gasteiger partial charge in [0.25, 0.3) is 0 Å². The first-order valence-electron chi connectivity index (χ1n) is 5.26. The summed E-state index contributed by atoms with van der Waals surface area (Å²) in [5, 5.41) is 0. The molecule has 14 heavy (non-hydrogen) atoms. The van der Waals surface area contributed by atoms with Gasteiger partial charge in [-0.15, -0.1) is 0 Å². The monoisotopic (exact) mass is 193 g/mol. The highest BCUT2D eigenvalue weighted by molar-refractivity contribution is 4.95. The zero-order chi connectivity index (χ0) is 9.38. The fourth-order valence-corrected chi connectivity index (χ4v) is 1.98. The molecule has 3 heterocycles. The first-order valence-corrected chi connectivity index (χ1v) is 5.26.